The fraction of sp³-hybridized carbons (Fsp3) is 0.316. The first-order valence-electron chi connectivity index (χ1n) is 8.91. The van der Waals surface area contributed by atoms with Gasteiger partial charge in [-0.3, -0.25) is 4.79 Å². The number of hydrogen-bond donors (Lipinski definition) is 1. The van der Waals surface area contributed by atoms with Crippen LogP contribution in [0.3, 0.4) is 0 Å². The summed E-state index contributed by atoms with van der Waals surface area (Å²) in [7, 11) is -3.72. The standard InChI is InChI=1S/C19H22ClN3O4S/c1-2-27-17-9-7-16(8-10-17)21-19(24)14-23-12-11-22(28(23,25)26)13-15-5-3-4-6-18(15)20/h3-10H,2,11-14H2,1H3,(H,21,24). The lowest BCUT2D eigenvalue weighted by Gasteiger charge is -2.19. The first kappa shape index (κ1) is 20.6. The van der Waals surface area contributed by atoms with Crippen LogP contribution in [-0.4, -0.2) is 49.2 Å². The summed E-state index contributed by atoms with van der Waals surface area (Å²) >= 11 is 6.13. The van der Waals surface area contributed by atoms with Crippen molar-refractivity contribution in [1.29, 1.82) is 0 Å². The molecule has 0 atom stereocenters. The number of ether oxygens (including phenoxy) is 1. The molecule has 1 aliphatic rings. The smallest absolute Gasteiger partial charge is 0.282 e. The Hall–Kier alpha value is -2.13. The van der Waals surface area contributed by atoms with Crippen LogP contribution in [0.1, 0.15) is 12.5 Å². The molecule has 1 amide bonds. The van der Waals surface area contributed by atoms with E-state index in [9.17, 15) is 13.2 Å². The summed E-state index contributed by atoms with van der Waals surface area (Å²) in [6.45, 7) is 2.95. The second kappa shape index (κ2) is 8.91. The van der Waals surface area contributed by atoms with E-state index in [-0.39, 0.29) is 19.6 Å². The predicted molar refractivity (Wildman–Crippen MR) is 109 cm³/mol. The lowest BCUT2D eigenvalue weighted by molar-refractivity contribution is -0.116. The number of carbonyl (C=O) groups is 1. The summed E-state index contributed by atoms with van der Waals surface area (Å²) < 4.78 is 33.3. The molecule has 0 unspecified atom stereocenters. The first-order valence-corrected chi connectivity index (χ1v) is 10.7. The minimum absolute atomic E-state index is 0.180. The lowest BCUT2D eigenvalue weighted by Crippen LogP contribution is -2.37. The highest BCUT2D eigenvalue weighted by atomic mass is 35.5. The van der Waals surface area contributed by atoms with Crippen molar-refractivity contribution < 1.29 is 17.9 Å². The largest absolute Gasteiger partial charge is 0.494 e. The number of carbonyl (C=O) groups excluding carboxylic acids is 1. The number of nitrogens with one attached hydrogen (secondary N) is 1. The Labute approximate surface area is 170 Å². The molecule has 7 nitrogen and oxygen atoms in total. The zero-order valence-corrected chi connectivity index (χ0v) is 17.0. The first-order chi connectivity index (χ1) is 13.4. The van der Waals surface area contributed by atoms with Gasteiger partial charge in [-0.05, 0) is 42.8 Å². The van der Waals surface area contributed by atoms with E-state index >= 15 is 0 Å². The van der Waals surface area contributed by atoms with Crippen LogP contribution in [0.2, 0.25) is 5.02 Å². The van der Waals surface area contributed by atoms with Gasteiger partial charge in [-0.15, -0.1) is 0 Å². The average Bonchev–Trinajstić information content (AvgIpc) is 2.93. The molecule has 0 saturated carbocycles. The van der Waals surface area contributed by atoms with Crippen molar-refractivity contribution in [1.82, 2.24) is 8.61 Å². The molecule has 150 valence electrons. The number of anilines is 1. The summed E-state index contributed by atoms with van der Waals surface area (Å²) in [5.74, 6) is 0.310. The van der Waals surface area contributed by atoms with E-state index < -0.39 is 16.1 Å². The summed E-state index contributed by atoms with van der Waals surface area (Å²) in [4.78, 5) is 12.3. The second-order valence-corrected chi connectivity index (χ2v) is 8.61. The Bertz CT molecular complexity index is 934. The van der Waals surface area contributed by atoms with Crippen LogP contribution < -0.4 is 10.1 Å². The third-order valence-electron chi connectivity index (χ3n) is 4.32. The molecule has 1 aliphatic heterocycles. The minimum atomic E-state index is -3.72. The molecule has 1 saturated heterocycles. The number of nitrogens with zero attached hydrogens (tertiary/aromatic N) is 2. The molecule has 0 aliphatic carbocycles. The summed E-state index contributed by atoms with van der Waals surface area (Å²) in [5.41, 5.74) is 1.31. The molecule has 28 heavy (non-hydrogen) atoms. The van der Waals surface area contributed by atoms with Gasteiger partial charge in [0.1, 0.15) is 5.75 Å². The van der Waals surface area contributed by atoms with Crippen molar-refractivity contribution in [2.24, 2.45) is 0 Å². The summed E-state index contributed by atoms with van der Waals surface area (Å²) in [6.07, 6.45) is 0. The maximum absolute atomic E-state index is 12.7. The fourth-order valence-electron chi connectivity index (χ4n) is 2.92. The molecule has 2 aromatic carbocycles. The molecule has 0 spiro atoms. The van der Waals surface area contributed by atoms with E-state index in [2.05, 4.69) is 5.32 Å². The third-order valence-corrected chi connectivity index (χ3v) is 6.62. The van der Waals surface area contributed by atoms with Crippen molar-refractivity contribution in [3.05, 3.63) is 59.1 Å². The van der Waals surface area contributed by atoms with Gasteiger partial charge in [0, 0.05) is 30.3 Å². The maximum atomic E-state index is 12.7. The Morgan fingerprint density at radius 1 is 1.11 bits per heavy atom. The van der Waals surface area contributed by atoms with E-state index in [1.807, 2.05) is 13.0 Å². The van der Waals surface area contributed by atoms with E-state index in [1.54, 1.807) is 42.5 Å². The van der Waals surface area contributed by atoms with Gasteiger partial charge in [-0.2, -0.15) is 17.0 Å². The number of hydrogen-bond acceptors (Lipinski definition) is 4. The van der Waals surface area contributed by atoms with Gasteiger partial charge in [0.2, 0.25) is 5.91 Å². The van der Waals surface area contributed by atoms with Crippen molar-refractivity contribution in [3.8, 4) is 5.75 Å². The zero-order valence-electron chi connectivity index (χ0n) is 15.5. The zero-order chi connectivity index (χ0) is 20.1. The Balaban J connectivity index is 1.60. The Kier molecular flexibility index (Phi) is 6.56. The van der Waals surface area contributed by atoms with Crippen LogP contribution in [0.25, 0.3) is 0 Å². The lowest BCUT2D eigenvalue weighted by atomic mass is 10.2. The van der Waals surface area contributed by atoms with E-state index in [0.717, 1.165) is 5.56 Å². The SMILES string of the molecule is CCOc1ccc(NC(=O)CN2CCN(Cc3ccccc3Cl)S2(=O)=O)cc1. The number of halogens is 1. The van der Waals surface area contributed by atoms with Crippen LogP contribution in [-0.2, 0) is 21.5 Å². The molecular weight excluding hydrogens is 402 g/mol. The normalized spacial score (nSPS) is 16.8. The van der Waals surface area contributed by atoms with Gasteiger partial charge in [0.05, 0.1) is 13.2 Å². The molecule has 0 radical (unpaired) electrons. The van der Waals surface area contributed by atoms with Crippen LogP contribution in [0.5, 0.6) is 5.75 Å². The van der Waals surface area contributed by atoms with Crippen molar-refractivity contribution >= 4 is 33.4 Å². The summed E-state index contributed by atoms with van der Waals surface area (Å²) in [6, 6.07) is 14.0. The minimum Gasteiger partial charge on any atom is -0.494 e. The molecule has 1 heterocycles. The van der Waals surface area contributed by atoms with Crippen molar-refractivity contribution in [2.75, 3.05) is 31.6 Å². The highest BCUT2D eigenvalue weighted by Gasteiger charge is 2.37. The van der Waals surface area contributed by atoms with E-state index in [1.165, 1.54) is 8.61 Å². The average molecular weight is 424 g/mol. The maximum Gasteiger partial charge on any atom is 0.282 e. The van der Waals surface area contributed by atoms with Crippen molar-refractivity contribution in [3.63, 3.8) is 0 Å². The second-order valence-electron chi connectivity index (χ2n) is 6.27. The molecule has 0 bridgehead atoms. The van der Waals surface area contributed by atoms with Gasteiger partial charge in [0.15, 0.2) is 0 Å². The molecule has 3 rings (SSSR count). The number of amides is 1. The highest BCUT2D eigenvalue weighted by Crippen LogP contribution is 2.23. The fourth-order valence-corrected chi connectivity index (χ4v) is 4.65. The van der Waals surface area contributed by atoms with Gasteiger partial charge in [-0.1, -0.05) is 29.8 Å². The van der Waals surface area contributed by atoms with Gasteiger partial charge in [0.25, 0.3) is 10.2 Å². The van der Waals surface area contributed by atoms with Crippen LogP contribution >= 0.6 is 11.6 Å². The molecule has 1 N–H and O–H groups in total. The topological polar surface area (TPSA) is 79.0 Å². The molecule has 0 aromatic heterocycles. The monoisotopic (exact) mass is 423 g/mol. The quantitative estimate of drug-likeness (QED) is 0.742. The Morgan fingerprint density at radius 3 is 2.46 bits per heavy atom. The van der Waals surface area contributed by atoms with E-state index in [4.69, 9.17) is 16.3 Å². The van der Waals surface area contributed by atoms with Crippen molar-refractivity contribution in [2.45, 2.75) is 13.5 Å². The van der Waals surface area contributed by atoms with Crippen LogP contribution in [0, 0.1) is 0 Å². The third kappa shape index (κ3) is 4.82. The van der Waals surface area contributed by atoms with Gasteiger partial charge in [-0.25, -0.2) is 0 Å². The predicted octanol–water partition coefficient (Wildman–Crippen LogP) is 2.74. The highest BCUT2D eigenvalue weighted by molar-refractivity contribution is 7.87. The Morgan fingerprint density at radius 2 is 1.79 bits per heavy atom. The molecule has 9 heteroatoms. The molecule has 2 aromatic rings. The summed E-state index contributed by atoms with van der Waals surface area (Å²) in [5, 5.41) is 3.23. The van der Waals surface area contributed by atoms with Gasteiger partial charge >= 0.3 is 0 Å². The number of rotatable bonds is 7. The van der Waals surface area contributed by atoms with E-state index in [0.29, 0.717) is 29.6 Å². The van der Waals surface area contributed by atoms with Crippen LogP contribution in [0.4, 0.5) is 5.69 Å². The van der Waals surface area contributed by atoms with Crippen LogP contribution in [0.15, 0.2) is 48.5 Å². The number of benzene rings is 2. The molecule has 1 fully saturated rings. The van der Waals surface area contributed by atoms with Gasteiger partial charge < -0.3 is 10.1 Å². The molecular formula is C19H22ClN3O4S.